The topological polar surface area (TPSA) is 72.0 Å². The van der Waals surface area contributed by atoms with Gasteiger partial charge in [-0.25, -0.2) is 13.1 Å². The van der Waals surface area contributed by atoms with Crippen molar-refractivity contribution in [2.24, 2.45) is 5.92 Å². The zero-order valence-corrected chi connectivity index (χ0v) is 13.7. The number of hydrogen-bond donors (Lipinski definition) is 1. The van der Waals surface area contributed by atoms with Gasteiger partial charge in [-0.15, -0.1) is 11.6 Å². The quantitative estimate of drug-likeness (QED) is 0.865. The highest BCUT2D eigenvalue weighted by Gasteiger charge is 2.26. The molecule has 1 aliphatic rings. The third-order valence-electron chi connectivity index (χ3n) is 3.89. The molecule has 1 aliphatic carbocycles. The molecule has 5 nitrogen and oxygen atoms in total. The van der Waals surface area contributed by atoms with Gasteiger partial charge in [-0.3, -0.25) is 0 Å². The minimum Gasteiger partial charge on any atom is -0.211 e. The van der Waals surface area contributed by atoms with Gasteiger partial charge >= 0.3 is 0 Å². The summed E-state index contributed by atoms with van der Waals surface area (Å²) in [5.74, 6) is 0.197. The Kier molecular flexibility index (Phi) is 4.44. The highest BCUT2D eigenvalue weighted by atomic mass is 35.5. The Hall–Kier alpha value is -0.760. The van der Waals surface area contributed by atoms with Crippen LogP contribution in [0.3, 0.4) is 0 Å². The van der Waals surface area contributed by atoms with Crippen LogP contribution in [0.15, 0.2) is 23.1 Å². The first-order valence-electron chi connectivity index (χ1n) is 6.93. The highest BCUT2D eigenvalue weighted by molar-refractivity contribution is 7.89. The average Bonchev–Trinajstić information content (AvgIpc) is 2.94. The predicted octanol–water partition coefficient (Wildman–Crippen LogP) is 2.77. The first kappa shape index (κ1) is 15.1. The van der Waals surface area contributed by atoms with Crippen molar-refractivity contribution in [3.8, 4) is 0 Å². The number of halogens is 1. The van der Waals surface area contributed by atoms with Crippen molar-refractivity contribution in [1.82, 2.24) is 13.5 Å². The van der Waals surface area contributed by atoms with Gasteiger partial charge in [0.25, 0.3) is 0 Å². The summed E-state index contributed by atoms with van der Waals surface area (Å²) >= 11 is 7.30. The Bertz CT molecular complexity index is 732. The van der Waals surface area contributed by atoms with E-state index in [4.69, 9.17) is 11.6 Å². The van der Waals surface area contributed by atoms with Crippen LogP contribution in [-0.2, 0) is 10.0 Å². The normalized spacial score (nSPS) is 23.5. The summed E-state index contributed by atoms with van der Waals surface area (Å²) in [5, 5.41) is 0.0539. The molecule has 2 atom stereocenters. The maximum atomic E-state index is 12.5. The number of aromatic nitrogens is 2. The lowest BCUT2D eigenvalue weighted by Crippen LogP contribution is -2.34. The molecule has 1 aromatic carbocycles. The van der Waals surface area contributed by atoms with Gasteiger partial charge in [-0.1, -0.05) is 18.9 Å². The molecular formula is C13H16ClN3O2S2. The van der Waals surface area contributed by atoms with E-state index >= 15 is 0 Å². The van der Waals surface area contributed by atoms with Crippen LogP contribution >= 0.6 is 23.3 Å². The molecule has 114 valence electrons. The Morgan fingerprint density at radius 3 is 2.90 bits per heavy atom. The van der Waals surface area contributed by atoms with Gasteiger partial charge < -0.3 is 0 Å². The number of alkyl halides is 1. The molecule has 0 amide bonds. The molecule has 0 bridgehead atoms. The lowest BCUT2D eigenvalue weighted by Gasteiger charge is -2.27. The lowest BCUT2D eigenvalue weighted by molar-refractivity contribution is 0.364. The van der Waals surface area contributed by atoms with Crippen molar-refractivity contribution in [2.45, 2.75) is 36.0 Å². The Balaban J connectivity index is 1.79. The van der Waals surface area contributed by atoms with Crippen LogP contribution in [-0.4, -0.2) is 29.1 Å². The first-order chi connectivity index (χ1) is 10.1. The number of benzene rings is 1. The van der Waals surface area contributed by atoms with Gasteiger partial charge in [-0.05, 0) is 30.9 Å². The molecule has 2 unspecified atom stereocenters. The van der Waals surface area contributed by atoms with Crippen molar-refractivity contribution >= 4 is 44.4 Å². The molecule has 8 heteroatoms. The smallest absolute Gasteiger partial charge is 0.211 e. The molecule has 0 radical (unpaired) electrons. The van der Waals surface area contributed by atoms with Gasteiger partial charge in [0, 0.05) is 11.9 Å². The fourth-order valence-electron chi connectivity index (χ4n) is 2.69. The van der Waals surface area contributed by atoms with Crippen LogP contribution in [0.2, 0.25) is 0 Å². The van der Waals surface area contributed by atoms with Crippen LogP contribution in [0.5, 0.6) is 0 Å². The fourth-order valence-corrected chi connectivity index (χ4v) is 4.91. The number of nitrogens with zero attached hydrogens (tertiary/aromatic N) is 2. The molecule has 1 saturated carbocycles. The Morgan fingerprint density at radius 1 is 1.29 bits per heavy atom. The van der Waals surface area contributed by atoms with Gasteiger partial charge in [-0.2, -0.15) is 8.75 Å². The molecule has 1 N–H and O–H groups in total. The van der Waals surface area contributed by atoms with E-state index < -0.39 is 10.0 Å². The van der Waals surface area contributed by atoms with E-state index in [1.54, 1.807) is 18.2 Å². The molecule has 21 heavy (non-hydrogen) atoms. The first-order valence-corrected chi connectivity index (χ1v) is 9.58. The SMILES string of the molecule is O=S(=O)(NCC1CCCCC1Cl)c1cccc2nsnc12. The number of fused-ring (bicyclic) bond motifs is 1. The van der Waals surface area contributed by atoms with Gasteiger partial charge in [0.1, 0.15) is 15.9 Å². The van der Waals surface area contributed by atoms with Crippen molar-refractivity contribution in [2.75, 3.05) is 6.54 Å². The standard InChI is InChI=1S/C13H16ClN3O2S2/c14-10-5-2-1-4-9(10)8-15-21(18,19)12-7-3-6-11-13(12)17-20-16-11/h3,6-7,9-10,15H,1-2,4-5,8H2. The summed E-state index contributed by atoms with van der Waals surface area (Å²) in [5.41, 5.74) is 1.04. The summed E-state index contributed by atoms with van der Waals surface area (Å²) in [6, 6.07) is 5.00. The number of sulfonamides is 1. The second kappa shape index (κ2) is 6.16. The fraction of sp³-hybridized carbons (Fsp3) is 0.538. The van der Waals surface area contributed by atoms with Crippen LogP contribution in [0.25, 0.3) is 11.0 Å². The lowest BCUT2D eigenvalue weighted by atomic mass is 9.89. The maximum absolute atomic E-state index is 12.5. The third-order valence-corrected chi connectivity index (χ3v) is 6.46. The van der Waals surface area contributed by atoms with E-state index in [-0.39, 0.29) is 16.2 Å². The van der Waals surface area contributed by atoms with Crippen LogP contribution in [0.4, 0.5) is 0 Å². The van der Waals surface area contributed by atoms with Crippen molar-refractivity contribution in [1.29, 1.82) is 0 Å². The van der Waals surface area contributed by atoms with Crippen molar-refractivity contribution in [3.63, 3.8) is 0 Å². The van der Waals surface area contributed by atoms with E-state index in [1.165, 1.54) is 0 Å². The Labute approximate surface area is 133 Å². The number of nitrogens with one attached hydrogen (secondary N) is 1. The second-order valence-corrected chi connectivity index (χ2v) is 8.12. The average molecular weight is 346 g/mol. The van der Waals surface area contributed by atoms with Gasteiger partial charge in [0.15, 0.2) is 0 Å². The van der Waals surface area contributed by atoms with Crippen LogP contribution in [0.1, 0.15) is 25.7 Å². The monoisotopic (exact) mass is 345 g/mol. The van der Waals surface area contributed by atoms with E-state index in [9.17, 15) is 8.42 Å². The molecule has 1 aromatic heterocycles. The van der Waals surface area contributed by atoms with Crippen molar-refractivity contribution in [3.05, 3.63) is 18.2 Å². The van der Waals surface area contributed by atoms with E-state index in [2.05, 4.69) is 13.5 Å². The van der Waals surface area contributed by atoms with E-state index in [0.29, 0.717) is 17.6 Å². The van der Waals surface area contributed by atoms with E-state index in [0.717, 1.165) is 37.4 Å². The summed E-state index contributed by atoms with van der Waals surface area (Å²) in [6.07, 6.45) is 4.17. The molecule has 2 aromatic rings. The summed E-state index contributed by atoms with van der Waals surface area (Å²) < 4.78 is 35.8. The molecule has 0 aliphatic heterocycles. The second-order valence-electron chi connectivity index (χ2n) is 5.30. The Morgan fingerprint density at radius 2 is 2.10 bits per heavy atom. The number of rotatable bonds is 4. The third kappa shape index (κ3) is 3.21. The summed E-state index contributed by atoms with van der Waals surface area (Å²) in [4.78, 5) is 0.190. The zero-order valence-electron chi connectivity index (χ0n) is 11.3. The minimum atomic E-state index is -3.58. The van der Waals surface area contributed by atoms with Gasteiger partial charge in [0.2, 0.25) is 10.0 Å². The molecular weight excluding hydrogens is 330 g/mol. The maximum Gasteiger partial charge on any atom is 0.242 e. The minimum absolute atomic E-state index is 0.0539. The summed E-state index contributed by atoms with van der Waals surface area (Å²) in [7, 11) is -3.58. The summed E-state index contributed by atoms with van der Waals surface area (Å²) in [6.45, 7) is 0.379. The predicted molar refractivity (Wildman–Crippen MR) is 84.2 cm³/mol. The van der Waals surface area contributed by atoms with Crippen LogP contribution in [0, 0.1) is 5.92 Å². The van der Waals surface area contributed by atoms with Crippen molar-refractivity contribution < 1.29 is 8.42 Å². The largest absolute Gasteiger partial charge is 0.242 e. The highest BCUT2D eigenvalue weighted by Crippen LogP contribution is 2.28. The van der Waals surface area contributed by atoms with Crippen LogP contribution < -0.4 is 4.72 Å². The molecule has 1 fully saturated rings. The van der Waals surface area contributed by atoms with E-state index in [1.807, 2.05) is 0 Å². The molecule has 1 heterocycles. The zero-order chi connectivity index (χ0) is 14.9. The van der Waals surface area contributed by atoms with Gasteiger partial charge in [0.05, 0.1) is 11.7 Å². The molecule has 0 saturated heterocycles. The molecule has 3 rings (SSSR count). The number of hydrogen-bond acceptors (Lipinski definition) is 5. The molecule has 0 spiro atoms.